The largest absolute Gasteiger partial charge is 0.352 e. The molecule has 3 saturated carbocycles. The molecule has 2 saturated heterocycles. The minimum Gasteiger partial charge on any atom is -0.352 e. The van der Waals surface area contributed by atoms with Crippen molar-refractivity contribution in [1.29, 1.82) is 0 Å². The van der Waals surface area contributed by atoms with Crippen LogP contribution in [0.3, 0.4) is 0 Å². The molecule has 5 fully saturated rings. The van der Waals surface area contributed by atoms with Crippen LogP contribution >= 0.6 is 11.5 Å². The lowest BCUT2D eigenvalue weighted by atomic mass is 9.53. The van der Waals surface area contributed by atoms with Crippen LogP contribution in [0.2, 0.25) is 0 Å². The van der Waals surface area contributed by atoms with Crippen molar-refractivity contribution in [3.05, 3.63) is 23.8 Å². The molecular weight excluding hydrogens is 601 g/mol. The lowest BCUT2D eigenvalue weighted by Gasteiger charge is -2.56. The first-order valence-electron chi connectivity index (χ1n) is 21.3. The van der Waals surface area contributed by atoms with Gasteiger partial charge in [-0.15, -0.1) is 0 Å². The van der Waals surface area contributed by atoms with Crippen molar-refractivity contribution < 1.29 is 19.2 Å². The number of carbonyl (C=O) groups excluding carboxylic acids is 2. The number of likely N-dealkylation sites (tertiary alicyclic amines) is 1. The summed E-state index contributed by atoms with van der Waals surface area (Å²) >= 11 is 1.42. The van der Waals surface area contributed by atoms with Gasteiger partial charge in [-0.25, -0.2) is 0 Å². The molecule has 1 aromatic heterocycles. The van der Waals surface area contributed by atoms with E-state index in [1.54, 1.807) is 27.7 Å². The van der Waals surface area contributed by atoms with Crippen LogP contribution in [-0.2, 0) is 9.59 Å². The molecule has 6 nitrogen and oxygen atoms in total. The van der Waals surface area contributed by atoms with Gasteiger partial charge in [0.05, 0.1) is 16.5 Å². The van der Waals surface area contributed by atoms with Gasteiger partial charge >= 0.3 is 0 Å². The third-order valence-electron chi connectivity index (χ3n) is 14.1. The number of fused-ring (bicyclic) bond motifs is 6. The first kappa shape index (κ1) is 25.9. The second-order valence-corrected chi connectivity index (χ2v) is 17.7. The summed E-state index contributed by atoms with van der Waals surface area (Å²) in [7, 11) is 1.94. The molecule has 2 aromatic rings. The van der Waals surface area contributed by atoms with Crippen LogP contribution in [0.1, 0.15) is 97.1 Å². The van der Waals surface area contributed by atoms with Crippen molar-refractivity contribution in [2.45, 2.75) is 107 Å². The second-order valence-electron chi connectivity index (χ2n) is 16.9. The average molecular weight is 668 g/mol. The van der Waals surface area contributed by atoms with Crippen molar-refractivity contribution in [1.82, 2.24) is 14.2 Å². The molecule has 7 rings (SSSR count). The fourth-order valence-electron chi connectivity index (χ4n) is 11.3. The van der Waals surface area contributed by atoms with E-state index in [1.165, 1.54) is 23.4 Å². The molecule has 3 heterocycles. The Hall–Kier alpha value is -1.99. The van der Waals surface area contributed by atoms with E-state index < -0.39 is 65.7 Å². The second kappa shape index (κ2) is 11.3. The Morgan fingerprint density at radius 1 is 0.957 bits per heavy atom. The third-order valence-corrected chi connectivity index (χ3v) is 14.9. The number of likely N-dealkylation sites (N-methyl/N-ethyl adjacent to an activating group) is 1. The molecule has 47 heavy (non-hydrogen) atoms. The van der Waals surface area contributed by atoms with E-state index >= 15 is 0 Å². The number of carbonyl (C=O) groups is 2. The number of rotatable bonds is 5. The quantitative estimate of drug-likeness (QED) is 0.303. The molecule has 6 unspecified atom stereocenters. The molecule has 3 aliphatic carbocycles. The van der Waals surface area contributed by atoms with Gasteiger partial charge in [-0.2, -0.15) is 4.37 Å². The zero-order chi connectivity index (χ0) is 40.4. The van der Waals surface area contributed by atoms with Crippen molar-refractivity contribution >= 4 is 39.3 Å². The van der Waals surface area contributed by atoms with E-state index in [0.29, 0.717) is 13.1 Å². The minimum atomic E-state index is -3.07. The molecule has 0 N–H and O–H groups in total. The SMILES string of the molecule is [2H]C1([2H])C([2H])(C)C(C)(C)[C@@]([2H])([C@H](C)N2C(=O)[C@@H]3[C@H]4C(C)C(C)C([C@@H]3C2=O)C4(C)C)[C@]([2H])(C(C)[C@@H]2CN(c3nsc4cccc(C)c34)CC(C)N2C)C1([2H])[2H]. The summed E-state index contributed by atoms with van der Waals surface area (Å²) in [4.78, 5) is 35.1. The van der Waals surface area contributed by atoms with E-state index in [-0.39, 0.29) is 46.9 Å². The van der Waals surface area contributed by atoms with Crippen molar-refractivity contribution in [2.75, 3.05) is 25.0 Å². The van der Waals surface area contributed by atoms with Crippen LogP contribution in [0.4, 0.5) is 5.82 Å². The molecule has 1 aromatic carbocycles. The molecule has 13 atom stereocenters. The number of hydrogen-bond donors (Lipinski definition) is 0. The Balaban J connectivity index is 1.37. The molecule has 7 heteroatoms. The van der Waals surface area contributed by atoms with Crippen LogP contribution < -0.4 is 4.90 Å². The van der Waals surface area contributed by atoms with Gasteiger partial charge in [0.2, 0.25) is 11.8 Å². The van der Waals surface area contributed by atoms with Gasteiger partial charge in [0.1, 0.15) is 0 Å². The number of aryl methyl sites for hydroxylation is 1. The number of hydrogen-bond acceptors (Lipinski definition) is 6. The number of imide groups is 1. The predicted molar refractivity (Wildman–Crippen MR) is 193 cm³/mol. The maximum absolute atomic E-state index is 14.8. The highest BCUT2D eigenvalue weighted by Gasteiger charge is 2.73. The summed E-state index contributed by atoms with van der Waals surface area (Å²) in [5, 5.41) is 1.04. The van der Waals surface area contributed by atoms with Gasteiger partial charge in [-0.05, 0) is 122 Å². The highest BCUT2D eigenvalue weighted by Crippen LogP contribution is 2.70. The predicted octanol–water partition coefficient (Wildman–Crippen LogP) is 7.99. The molecular formula is C40H60N4O2S. The summed E-state index contributed by atoms with van der Waals surface area (Å²) in [5.74, 6) is -8.81. The first-order chi connectivity index (χ1) is 24.6. The molecule has 2 bridgehead atoms. The molecule has 2 aliphatic heterocycles. The van der Waals surface area contributed by atoms with E-state index in [0.717, 1.165) is 21.5 Å². The molecule has 2 amide bonds. The van der Waals surface area contributed by atoms with Gasteiger partial charge in [0.25, 0.3) is 0 Å². The van der Waals surface area contributed by atoms with E-state index in [4.69, 9.17) is 4.37 Å². The third kappa shape index (κ3) is 4.60. The Morgan fingerprint density at radius 2 is 1.57 bits per heavy atom. The zero-order valence-corrected chi connectivity index (χ0v) is 31.2. The number of benzene rings is 1. The fourth-order valence-corrected chi connectivity index (χ4v) is 12.2. The normalized spacial score (nSPS) is 50.2. The van der Waals surface area contributed by atoms with Crippen molar-refractivity contribution in [3.8, 4) is 0 Å². The Bertz CT molecular complexity index is 1870. The molecule has 5 aliphatic rings. The van der Waals surface area contributed by atoms with Gasteiger partial charge in [-0.3, -0.25) is 19.4 Å². The van der Waals surface area contributed by atoms with Crippen molar-refractivity contribution in [3.63, 3.8) is 0 Å². The fraction of sp³-hybridized carbons (Fsp3) is 0.775. The van der Waals surface area contributed by atoms with Gasteiger partial charge < -0.3 is 4.90 Å². The average Bonchev–Trinajstić information content (AvgIpc) is 3.74. The number of piperazine rings is 1. The highest BCUT2D eigenvalue weighted by atomic mass is 32.1. The van der Waals surface area contributed by atoms with E-state index in [1.807, 2.05) is 19.2 Å². The number of anilines is 1. The molecule has 0 radical (unpaired) electrons. The Morgan fingerprint density at radius 3 is 2.19 bits per heavy atom. The van der Waals surface area contributed by atoms with Gasteiger partial charge in [-0.1, -0.05) is 67.5 Å². The monoisotopic (exact) mass is 667 g/mol. The van der Waals surface area contributed by atoms with Gasteiger partial charge in [0, 0.05) is 46.2 Å². The number of nitrogens with zero attached hydrogens (tertiary/aromatic N) is 4. The zero-order valence-electron chi connectivity index (χ0n) is 37.4. The first-order valence-corrected chi connectivity index (χ1v) is 18.6. The maximum Gasteiger partial charge on any atom is 0.233 e. The smallest absolute Gasteiger partial charge is 0.233 e. The Labute approximate surface area is 298 Å². The van der Waals surface area contributed by atoms with Crippen molar-refractivity contribution in [2.24, 2.45) is 69.9 Å². The lowest BCUT2D eigenvalue weighted by molar-refractivity contribution is -0.150. The summed E-state index contributed by atoms with van der Waals surface area (Å²) in [6.45, 7) is 21.6. The summed E-state index contributed by atoms with van der Waals surface area (Å²) in [6, 6.07) is 4.15. The van der Waals surface area contributed by atoms with Crippen LogP contribution in [0, 0.1) is 76.9 Å². The standard InChI is InChI=1S/C40H60N4O2S/c1-20-14-13-15-29-30(20)36(41-47-29)43-18-22(3)42(12)28(19-43)25(6)27-17-16-21(2)39(8,9)35(27)26(7)44-37(45)31-32(38(44)46)34-24(5)23(4)33(31)40(34,10)11/h13-15,21-28,31-35H,16-19H2,1-12H3/t21?,22?,23?,24?,25?,26-,27-,28-,31-,32+,33+,34?,35-/m0/s1/i16D2,17D2,21D,27D,35D. The van der Waals surface area contributed by atoms with E-state index in [9.17, 15) is 19.2 Å². The topological polar surface area (TPSA) is 56.8 Å². The van der Waals surface area contributed by atoms with Crippen LogP contribution in [0.15, 0.2) is 18.2 Å². The maximum atomic E-state index is 14.8. The number of aromatic nitrogens is 1. The lowest BCUT2D eigenvalue weighted by Crippen LogP contribution is -2.62. The summed E-state index contributed by atoms with van der Waals surface area (Å²) in [5.41, 5.74) is -0.877. The van der Waals surface area contributed by atoms with Gasteiger partial charge in [0.15, 0.2) is 5.82 Å². The Kier molecular flexibility index (Phi) is 6.21. The van der Waals surface area contributed by atoms with E-state index in [2.05, 4.69) is 57.4 Å². The molecule has 258 valence electrons. The minimum absolute atomic E-state index is 0.0345. The number of amides is 2. The summed E-state index contributed by atoms with van der Waals surface area (Å²) in [6.07, 6.45) is -5.96. The van der Waals surface area contributed by atoms with Crippen LogP contribution in [0.5, 0.6) is 0 Å². The van der Waals surface area contributed by atoms with Crippen LogP contribution in [0.25, 0.3) is 10.1 Å². The molecule has 0 spiro atoms. The highest BCUT2D eigenvalue weighted by molar-refractivity contribution is 7.13. The summed E-state index contributed by atoms with van der Waals surface area (Å²) < 4.78 is 75.3. The van der Waals surface area contributed by atoms with Crippen LogP contribution in [-0.4, -0.2) is 64.3 Å².